The molecule has 0 unspecified atom stereocenters. The third-order valence-corrected chi connectivity index (χ3v) is 4.10. The van der Waals surface area contributed by atoms with Gasteiger partial charge in [-0.15, -0.1) is 11.3 Å². The van der Waals surface area contributed by atoms with E-state index in [1.54, 1.807) is 17.5 Å². The van der Waals surface area contributed by atoms with Crippen molar-refractivity contribution in [2.75, 3.05) is 5.32 Å². The Balaban J connectivity index is 2.07. The molecule has 0 aliphatic rings. The highest BCUT2D eigenvalue weighted by Crippen LogP contribution is 2.33. The maximum absolute atomic E-state index is 11.8. The number of carbonyl (C=O) groups excluding carboxylic acids is 1. The highest BCUT2D eigenvalue weighted by molar-refractivity contribution is 7.80. The maximum Gasteiger partial charge on any atom is 0.267 e. The smallest absolute Gasteiger partial charge is 0.267 e. The van der Waals surface area contributed by atoms with Gasteiger partial charge in [-0.05, 0) is 35.8 Å². The third kappa shape index (κ3) is 3.84. The zero-order chi connectivity index (χ0) is 14.7. The Morgan fingerprint density at radius 3 is 2.40 bits per heavy atom. The summed E-state index contributed by atoms with van der Waals surface area (Å²) in [5.74, 6) is -0.293. The first-order chi connectivity index (χ1) is 9.47. The van der Waals surface area contributed by atoms with E-state index in [1.807, 2.05) is 0 Å². The first kappa shape index (κ1) is 15.5. The van der Waals surface area contributed by atoms with Gasteiger partial charge >= 0.3 is 0 Å². The third-order valence-electron chi connectivity index (χ3n) is 2.22. The molecular formula is C12H7Cl3N2OS2. The number of hydrogen-bond acceptors (Lipinski definition) is 3. The van der Waals surface area contributed by atoms with Crippen molar-refractivity contribution >= 4 is 75.1 Å². The van der Waals surface area contributed by atoms with E-state index < -0.39 is 0 Å². The minimum atomic E-state index is -0.293. The van der Waals surface area contributed by atoms with Crippen LogP contribution in [0, 0.1) is 0 Å². The Labute approximate surface area is 139 Å². The van der Waals surface area contributed by atoms with E-state index in [4.69, 9.17) is 47.0 Å². The molecule has 1 aromatic heterocycles. The number of halogens is 3. The lowest BCUT2D eigenvalue weighted by Crippen LogP contribution is -2.33. The highest BCUT2D eigenvalue weighted by Gasteiger charge is 2.12. The molecule has 2 rings (SSSR count). The van der Waals surface area contributed by atoms with Gasteiger partial charge in [0.25, 0.3) is 5.91 Å². The van der Waals surface area contributed by atoms with Crippen LogP contribution in [0.1, 0.15) is 9.67 Å². The fraction of sp³-hybridized carbons (Fsp3) is 0. The van der Waals surface area contributed by atoms with Gasteiger partial charge < -0.3 is 5.32 Å². The van der Waals surface area contributed by atoms with Crippen molar-refractivity contribution in [3.05, 3.63) is 49.6 Å². The van der Waals surface area contributed by atoms with E-state index in [0.29, 0.717) is 25.6 Å². The summed E-state index contributed by atoms with van der Waals surface area (Å²) in [4.78, 5) is 12.4. The highest BCUT2D eigenvalue weighted by atomic mass is 35.5. The first-order valence-electron chi connectivity index (χ1n) is 5.28. The molecule has 1 aromatic carbocycles. The van der Waals surface area contributed by atoms with Gasteiger partial charge in [0, 0.05) is 5.02 Å². The van der Waals surface area contributed by atoms with Gasteiger partial charge in [0.15, 0.2) is 5.11 Å². The standard InChI is InChI=1S/C12H7Cl3N2OS2/c13-6-4-7(14)10(8(15)5-6)16-12(19)17-11(18)9-2-1-3-20-9/h1-5H,(H2,16,17,18,19). The van der Waals surface area contributed by atoms with Crippen molar-refractivity contribution in [3.63, 3.8) is 0 Å². The minimum absolute atomic E-state index is 0.106. The predicted molar refractivity (Wildman–Crippen MR) is 89.5 cm³/mol. The molecule has 2 N–H and O–H groups in total. The Bertz CT molecular complexity index is 636. The van der Waals surface area contributed by atoms with Gasteiger partial charge in [0.05, 0.1) is 20.6 Å². The quantitative estimate of drug-likeness (QED) is 0.749. The summed E-state index contributed by atoms with van der Waals surface area (Å²) < 4.78 is 0. The van der Waals surface area contributed by atoms with Crippen molar-refractivity contribution in [1.29, 1.82) is 0 Å². The number of rotatable bonds is 2. The number of nitrogens with one attached hydrogen (secondary N) is 2. The van der Waals surface area contributed by atoms with Crippen LogP contribution in [0.5, 0.6) is 0 Å². The van der Waals surface area contributed by atoms with Crippen molar-refractivity contribution < 1.29 is 4.79 Å². The molecule has 0 aliphatic heterocycles. The monoisotopic (exact) mass is 364 g/mol. The molecule has 20 heavy (non-hydrogen) atoms. The van der Waals surface area contributed by atoms with Crippen LogP contribution in [-0.4, -0.2) is 11.0 Å². The van der Waals surface area contributed by atoms with E-state index in [0.717, 1.165) is 0 Å². The number of benzene rings is 1. The van der Waals surface area contributed by atoms with E-state index >= 15 is 0 Å². The fourth-order valence-electron chi connectivity index (χ4n) is 1.38. The number of anilines is 1. The molecular weight excluding hydrogens is 359 g/mol. The molecule has 8 heteroatoms. The molecule has 0 spiro atoms. The molecule has 1 amide bonds. The molecule has 0 saturated heterocycles. The molecule has 0 radical (unpaired) electrons. The van der Waals surface area contributed by atoms with Crippen molar-refractivity contribution in [1.82, 2.24) is 5.32 Å². The predicted octanol–water partition coefficient (Wildman–Crippen LogP) is 4.84. The van der Waals surface area contributed by atoms with Gasteiger partial charge in [-0.1, -0.05) is 40.9 Å². The van der Waals surface area contributed by atoms with Crippen LogP contribution in [0.25, 0.3) is 0 Å². The van der Waals surface area contributed by atoms with Gasteiger partial charge in [-0.25, -0.2) is 0 Å². The zero-order valence-electron chi connectivity index (χ0n) is 9.75. The molecule has 1 heterocycles. The van der Waals surface area contributed by atoms with Gasteiger partial charge in [-0.2, -0.15) is 0 Å². The van der Waals surface area contributed by atoms with Crippen LogP contribution < -0.4 is 10.6 Å². The second-order valence-corrected chi connectivity index (χ2v) is 6.24. The molecule has 0 atom stereocenters. The van der Waals surface area contributed by atoms with Gasteiger partial charge in [0.2, 0.25) is 0 Å². The average Bonchev–Trinajstić information content (AvgIpc) is 2.87. The van der Waals surface area contributed by atoms with E-state index in [1.165, 1.54) is 23.5 Å². The molecule has 0 fully saturated rings. The molecule has 2 aromatic rings. The second kappa shape index (κ2) is 6.74. The van der Waals surface area contributed by atoms with Crippen LogP contribution in [0.15, 0.2) is 29.6 Å². The van der Waals surface area contributed by atoms with Crippen molar-refractivity contribution in [2.24, 2.45) is 0 Å². The molecule has 0 aliphatic carbocycles. The molecule has 0 saturated carbocycles. The summed E-state index contributed by atoms with van der Waals surface area (Å²) in [7, 11) is 0. The fourth-order valence-corrected chi connectivity index (χ4v) is 3.10. The summed E-state index contributed by atoms with van der Waals surface area (Å²) in [6.07, 6.45) is 0. The van der Waals surface area contributed by atoms with Crippen LogP contribution in [0.2, 0.25) is 15.1 Å². The number of carbonyl (C=O) groups is 1. The largest absolute Gasteiger partial charge is 0.330 e. The van der Waals surface area contributed by atoms with E-state index in [9.17, 15) is 4.79 Å². The Hall–Kier alpha value is -0.850. The number of amides is 1. The molecule has 3 nitrogen and oxygen atoms in total. The van der Waals surface area contributed by atoms with Gasteiger partial charge in [0.1, 0.15) is 0 Å². The van der Waals surface area contributed by atoms with Gasteiger partial charge in [-0.3, -0.25) is 10.1 Å². The van der Waals surface area contributed by atoms with Crippen LogP contribution in [0.4, 0.5) is 5.69 Å². The summed E-state index contributed by atoms with van der Waals surface area (Å²) >= 11 is 24.2. The molecule has 104 valence electrons. The topological polar surface area (TPSA) is 41.1 Å². The number of thiocarbonyl (C=S) groups is 1. The Morgan fingerprint density at radius 1 is 1.20 bits per heavy atom. The summed E-state index contributed by atoms with van der Waals surface area (Å²) in [6, 6.07) is 6.54. The lowest BCUT2D eigenvalue weighted by molar-refractivity contribution is 0.0981. The average molecular weight is 366 g/mol. The summed E-state index contributed by atoms with van der Waals surface area (Å²) in [5.41, 5.74) is 0.397. The first-order valence-corrected chi connectivity index (χ1v) is 7.70. The number of thiophene rings is 1. The Morgan fingerprint density at radius 2 is 1.85 bits per heavy atom. The van der Waals surface area contributed by atoms with Crippen LogP contribution in [0.3, 0.4) is 0 Å². The van der Waals surface area contributed by atoms with E-state index in [2.05, 4.69) is 10.6 Å². The van der Waals surface area contributed by atoms with Crippen molar-refractivity contribution in [2.45, 2.75) is 0 Å². The van der Waals surface area contributed by atoms with Crippen LogP contribution in [-0.2, 0) is 0 Å². The lowest BCUT2D eigenvalue weighted by Gasteiger charge is -2.12. The van der Waals surface area contributed by atoms with Crippen molar-refractivity contribution in [3.8, 4) is 0 Å². The maximum atomic E-state index is 11.8. The normalized spacial score (nSPS) is 10.2. The SMILES string of the molecule is O=C(NC(=S)Nc1c(Cl)cc(Cl)cc1Cl)c1cccs1. The zero-order valence-corrected chi connectivity index (χ0v) is 13.6. The summed E-state index contributed by atoms with van der Waals surface area (Å²) in [6.45, 7) is 0. The minimum Gasteiger partial charge on any atom is -0.330 e. The Kier molecular flexibility index (Phi) is 5.23. The van der Waals surface area contributed by atoms with E-state index in [-0.39, 0.29) is 11.0 Å². The molecule has 0 bridgehead atoms. The summed E-state index contributed by atoms with van der Waals surface area (Å²) in [5, 5.41) is 8.28. The lowest BCUT2D eigenvalue weighted by atomic mass is 10.3. The number of hydrogen-bond donors (Lipinski definition) is 2. The van der Waals surface area contributed by atoms with Crippen LogP contribution >= 0.6 is 58.4 Å². The second-order valence-electron chi connectivity index (χ2n) is 3.63.